The van der Waals surface area contributed by atoms with Crippen molar-refractivity contribution in [3.8, 4) is 23.2 Å². The first-order valence-electron chi connectivity index (χ1n) is 7.75. The number of halogens is 3. The standard InChI is InChI=1S/C17H16Cl3N3O2.Co/c1-7(2)9-5-24-16(21-9)14-12(19)11(18)13(20)15(23-14)17-22-10(6-25-17)8(3)4;/h5-8H,1-4H3;. The number of hydrogen-bond acceptors (Lipinski definition) is 5. The molecule has 26 heavy (non-hydrogen) atoms. The molecular formula is C17H16Cl3CoN3O2. The molecule has 141 valence electrons. The summed E-state index contributed by atoms with van der Waals surface area (Å²) in [5.74, 6) is 0.950. The molecule has 0 aromatic carbocycles. The molecule has 3 rings (SSSR count). The topological polar surface area (TPSA) is 65.0 Å². The molecule has 0 saturated carbocycles. The summed E-state index contributed by atoms with van der Waals surface area (Å²) in [6.45, 7) is 8.04. The van der Waals surface area contributed by atoms with Gasteiger partial charge in [0.05, 0.1) is 26.5 Å². The molecule has 0 spiro atoms. The summed E-state index contributed by atoms with van der Waals surface area (Å²) in [6, 6.07) is 0. The average Bonchev–Trinajstić information content (AvgIpc) is 3.22. The van der Waals surface area contributed by atoms with Gasteiger partial charge in [0.15, 0.2) is 0 Å². The predicted molar refractivity (Wildman–Crippen MR) is 98.4 cm³/mol. The van der Waals surface area contributed by atoms with E-state index in [0.29, 0.717) is 11.4 Å². The fourth-order valence-corrected chi connectivity index (χ4v) is 2.78. The van der Waals surface area contributed by atoms with Crippen LogP contribution in [0.2, 0.25) is 15.1 Å². The molecule has 3 heterocycles. The summed E-state index contributed by atoms with van der Waals surface area (Å²) >= 11 is 18.9. The van der Waals surface area contributed by atoms with Gasteiger partial charge in [0.1, 0.15) is 23.9 Å². The van der Waals surface area contributed by atoms with Gasteiger partial charge >= 0.3 is 0 Å². The second-order valence-corrected chi connectivity index (χ2v) is 7.35. The van der Waals surface area contributed by atoms with E-state index >= 15 is 0 Å². The third-order valence-corrected chi connectivity index (χ3v) is 4.96. The monoisotopic (exact) mass is 458 g/mol. The molecular weight excluding hydrogens is 443 g/mol. The van der Waals surface area contributed by atoms with Gasteiger partial charge in [0, 0.05) is 16.8 Å². The Morgan fingerprint density at radius 1 is 0.692 bits per heavy atom. The van der Waals surface area contributed by atoms with Gasteiger partial charge in [0.2, 0.25) is 11.8 Å². The van der Waals surface area contributed by atoms with E-state index in [0.717, 1.165) is 11.4 Å². The minimum atomic E-state index is 0. The van der Waals surface area contributed by atoms with Crippen LogP contribution in [0.25, 0.3) is 23.2 Å². The van der Waals surface area contributed by atoms with Crippen LogP contribution in [0.3, 0.4) is 0 Å². The molecule has 3 aromatic rings. The zero-order valence-corrected chi connectivity index (χ0v) is 17.7. The fraction of sp³-hybridized carbons (Fsp3) is 0.353. The van der Waals surface area contributed by atoms with Crippen molar-refractivity contribution < 1.29 is 25.6 Å². The molecule has 0 atom stereocenters. The molecule has 9 heteroatoms. The molecule has 0 bridgehead atoms. The summed E-state index contributed by atoms with van der Waals surface area (Å²) in [4.78, 5) is 13.3. The van der Waals surface area contributed by atoms with Crippen molar-refractivity contribution in [2.24, 2.45) is 0 Å². The van der Waals surface area contributed by atoms with E-state index in [9.17, 15) is 0 Å². The molecule has 0 unspecified atom stereocenters. The molecule has 0 aliphatic heterocycles. The minimum Gasteiger partial charge on any atom is -0.443 e. The SMILES string of the molecule is CC(C)c1coc(-c2nc(-c3nc(C(C)C)co3)c(Cl)c(Cl)c2Cl)n1.[Co]. The molecule has 5 nitrogen and oxygen atoms in total. The summed E-state index contributed by atoms with van der Waals surface area (Å²) < 4.78 is 11.0. The van der Waals surface area contributed by atoms with Crippen molar-refractivity contribution in [1.29, 1.82) is 0 Å². The first-order valence-corrected chi connectivity index (χ1v) is 8.89. The Morgan fingerprint density at radius 3 is 1.38 bits per heavy atom. The molecule has 0 amide bonds. The minimum absolute atomic E-state index is 0. The van der Waals surface area contributed by atoms with Crippen molar-refractivity contribution in [3.63, 3.8) is 0 Å². The third kappa shape index (κ3) is 3.94. The van der Waals surface area contributed by atoms with Gasteiger partial charge in [0.25, 0.3) is 0 Å². The van der Waals surface area contributed by atoms with Gasteiger partial charge < -0.3 is 8.83 Å². The normalized spacial score (nSPS) is 11.3. The number of hydrogen-bond donors (Lipinski definition) is 0. The van der Waals surface area contributed by atoms with Crippen LogP contribution in [0.15, 0.2) is 21.4 Å². The first kappa shape index (κ1) is 21.2. The third-order valence-electron chi connectivity index (χ3n) is 3.66. The van der Waals surface area contributed by atoms with E-state index in [-0.39, 0.29) is 55.5 Å². The molecule has 3 aromatic heterocycles. The quantitative estimate of drug-likeness (QED) is 0.440. The Hall–Kier alpha value is -1.05. The van der Waals surface area contributed by atoms with Crippen molar-refractivity contribution in [3.05, 3.63) is 39.0 Å². The van der Waals surface area contributed by atoms with Crippen LogP contribution in [-0.2, 0) is 16.8 Å². The summed E-state index contributed by atoms with van der Waals surface area (Å²) in [5, 5.41) is 0.489. The molecule has 0 fully saturated rings. The molecule has 1 radical (unpaired) electrons. The van der Waals surface area contributed by atoms with Crippen LogP contribution in [0.5, 0.6) is 0 Å². The average molecular weight is 460 g/mol. The van der Waals surface area contributed by atoms with Crippen LogP contribution in [0.4, 0.5) is 0 Å². The first-order chi connectivity index (χ1) is 11.8. The Balaban J connectivity index is 0.00000243. The van der Waals surface area contributed by atoms with Crippen LogP contribution in [0, 0.1) is 0 Å². The molecule has 0 aliphatic rings. The zero-order chi connectivity index (χ0) is 18.3. The van der Waals surface area contributed by atoms with E-state index < -0.39 is 0 Å². The van der Waals surface area contributed by atoms with Crippen molar-refractivity contribution >= 4 is 34.8 Å². The van der Waals surface area contributed by atoms with Gasteiger partial charge in [-0.2, -0.15) is 0 Å². The van der Waals surface area contributed by atoms with Gasteiger partial charge in [-0.15, -0.1) is 0 Å². The Kier molecular flexibility index (Phi) is 6.79. The Bertz CT molecular complexity index is 852. The number of aromatic nitrogens is 3. The van der Waals surface area contributed by atoms with Gasteiger partial charge in [-0.05, 0) is 11.8 Å². The van der Waals surface area contributed by atoms with Crippen LogP contribution in [-0.4, -0.2) is 15.0 Å². The van der Waals surface area contributed by atoms with Crippen molar-refractivity contribution in [1.82, 2.24) is 15.0 Å². The summed E-state index contributed by atoms with van der Waals surface area (Å²) in [6.07, 6.45) is 3.14. The van der Waals surface area contributed by atoms with Crippen molar-refractivity contribution in [2.75, 3.05) is 0 Å². The van der Waals surface area contributed by atoms with Gasteiger partial charge in [-0.1, -0.05) is 62.5 Å². The molecule has 0 aliphatic carbocycles. The summed E-state index contributed by atoms with van der Waals surface area (Å²) in [7, 11) is 0. The maximum Gasteiger partial charge on any atom is 0.246 e. The molecule has 0 saturated heterocycles. The number of nitrogens with zero attached hydrogens (tertiary/aromatic N) is 3. The van der Waals surface area contributed by atoms with E-state index in [4.69, 9.17) is 43.6 Å². The second kappa shape index (κ2) is 8.31. The number of rotatable bonds is 4. The van der Waals surface area contributed by atoms with E-state index in [1.807, 2.05) is 27.7 Å². The maximum absolute atomic E-state index is 6.31. The van der Waals surface area contributed by atoms with Gasteiger partial charge in [-0.25, -0.2) is 15.0 Å². The second-order valence-electron chi connectivity index (χ2n) is 6.22. The Morgan fingerprint density at radius 2 is 1.08 bits per heavy atom. The smallest absolute Gasteiger partial charge is 0.246 e. The predicted octanol–water partition coefficient (Wildman–Crippen LogP) is 6.60. The van der Waals surface area contributed by atoms with E-state index in [1.54, 1.807) is 12.5 Å². The van der Waals surface area contributed by atoms with Crippen molar-refractivity contribution in [2.45, 2.75) is 39.5 Å². The Labute approximate surface area is 176 Å². The number of oxazole rings is 2. The fourth-order valence-electron chi connectivity index (χ4n) is 2.12. The van der Waals surface area contributed by atoms with Crippen LogP contribution >= 0.6 is 34.8 Å². The summed E-state index contributed by atoms with van der Waals surface area (Å²) in [5.41, 5.74) is 2.17. The largest absolute Gasteiger partial charge is 0.443 e. The zero-order valence-electron chi connectivity index (χ0n) is 14.4. The maximum atomic E-state index is 6.31. The van der Waals surface area contributed by atoms with E-state index in [2.05, 4.69) is 15.0 Å². The number of pyridine rings is 1. The van der Waals surface area contributed by atoms with E-state index in [1.165, 1.54) is 0 Å². The molecule has 0 N–H and O–H groups in total. The van der Waals surface area contributed by atoms with Crippen LogP contribution < -0.4 is 0 Å². The van der Waals surface area contributed by atoms with Crippen LogP contribution in [0.1, 0.15) is 50.9 Å². The van der Waals surface area contributed by atoms with Gasteiger partial charge in [-0.3, -0.25) is 0 Å².